The number of piperazine rings is 1. The molecule has 9 nitrogen and oxygen atoms in total. The van der Waals surface area contributed by atoms with Gasteiger partial charge in [-0.25, -0.2) is 9.31 Å². The number of nitrogens with one attached hydrogen (secondary N) is 1. The molecule has 0 unspecified atom stereocenters. The zero-order valence-electron chi connectivity index (χ0n) is 18.4. The summed E-state index contributed by atoms with van der Waals surface area (Å²) in [6.07, 6.45) is 8.07. The lowest BCUT2D eigenvalue weighted by molar-refractivity contribution is -0.120. The van der Waals surface area contributed by atoms with Crippen LogP contribution < -0.4 is 10.2 Å². The van der Waals surface area contributed by atoms with Crippen molar-refractivity contribution in [3.63, 3.8) is 0 Å². The van der Waals surface area contributed by atoms with E-state index in [4.69, 9.17) is 0 Å². The lowest BCUT2D eigenvalue weighted by Gasteiger charge is -2.37. The quantitative estimate of drug-likeness (QED) is 0.731. The van der Waals surface area contributed by atoms with Gasteiger partial charge in [0, 0.05) is 58.4 Å². The minimum Gasteiger partial charge on any atom is -0.393 e. The summed E-state index contributed by atoms with van der Waals surface area (Å²) >= 11 is 0. The van der Waals surface area contributed by atoms with Crippen molar-refractivity contribution in [3.8, 4) is 0 Å². The van der Waals surface area contributed by atoms with Crippen LogP contribution in [0.25, 0.3) is 5.52 Å². The number of hydrogen-bond acceptors (Lipinski definition) is 6. The van der Waals surface area contributed by atoms with E-state index in [2.05, 4.69) is 32.3 Å². The molecule has 9 heteroatoms. The fourth-order valence-corrected chi connectivity index (χ4v) is 5.19. The molecule has 1 saturated carbocycles. The molecule has 172 valence electrons. The van der Waals surface area contributed by atoms with E-state index >= 15 is 0 Å². The zero-order valence-corrected chi connectivity index (χ0v) is 18.4. The normalized spacial score (nSPS) is 26.0. The van der Waals surface area contributed by atoms with Gasteiger partial charge < -0.3 is 10.0 Å². The number of rotatable bonds is 5. The summed E-state index contributed by atoms with van der Waals surface area (Å²) in [5, 5.41) is 16.5. The summed E-state index contributed by atoms with van der Waals surface area (Å²) in [4.78, 5) is 30.4. The maximum atomic E-state index is 12.3. The van der Waals surface area contributed by atoms with Crippen LogP contribution in [0.3, 0.4) is 0 Å². The lowest BCUT2D eigenvalue weighted by Crippen LogP contribution is -2.49. The highest BCUT2D eigenvalue weighted by atomic mass is 16.3. The van der Waals surface area contributed by atoms with Crippen LogP contribution in [0.5, 0.6) is 0 Å². The zero-order chi connectivity index (χ0) is 22.1. The highest BCUT2D eigenvalue weighted by Gasteiger charge is 2.27. The largest absolute Gasteiger partial charge is 0.393 e. The summed E-state index contributed by atoms with van der Waals surface area (Å²) in [6, 6.07) is 3.81. The van der Waals surface area contributed by atoms with Crippen molar-refractivity contribution < 1.29 is 14.7 Å². The Balaban J connectivity index is 1.19. The first-order chi connectivity index (χ1) is 15.5. The third kappa shape index (κ3) is 4.65. The predicted octanol–water partition coefficient (Wildman–Crippen LogP) is 1.45. The highest BCUT2D eigenvalue weighted by molar-refractivity contribution is 6.07. The van der Waals surface area contributed by atoms with Crippen LogP contribution in [0.4, 0.5) is 10.5 Å². The molecule has 32 heavy (non-hydrogen) atoms. The van der Waals surface area contributed by atoms with Crippen LogP contribution in [-0.4, -0.2) is 81.8 Å². The molecule has 2 aromatic rings. The van der Waals surface area contributed by atoms with Crippen molar-refractivity contribution in [3.05, 3.63) is 30.1 Å². The number of amides is 3. The molecule has 3 amide bonds. The number of urea groups is 1. The molecule has 5 rings (SSSR count). The number of aliphatic hydroxyl groups excluding tert-OH is 1. The van der Waals surface area contributed by atoms with E-state index in [1.54, 1.807) is 15.6 Å². The first-order valence-electron chi connectivity index (χ1n) is 11.8. The monoisotopic (exact) mass is 440 g/mol. The van der Waals surface area contributed by atoms with Crippen molar-refractivity contribution in [1.82, 2.24) is 24.7 Å². The molecular weight excluding hydrogens is 408 g/mol. The molecule has 3 aliphatic rings. The molecule has 3 fully saturated rings. The van der Waals surface area contributed by atoms with Crippen LogP contribution in [0.15, 0.2) is 24.5 Å². The van der Waals surface area contributed by atoms with E-state index < -0.39 is 0 Å². The van der Waals surface area contributed by atoms with Gasteiger partial charge in [-0.15, -0.1) is 0 Å². The smallest absolute Gasteiger partial charge is 0.328 e. The Morgan fingerprint density at radius 3 is 2.53 bits per heavy atom. The number of carbonyl (C=O) groups excluding carboxylic acids is 2. The molecule has 2 aromatic heterocycles. The van der Waals surface area contributed by atoms with Gasteiger partial charge in [-0.1, -0.05) is 0 Å². The van der Waals surface area contributed by atoms with Crippen LogP contribution in [0.2, 0.25) is 0 Å². The molecule has 2 N–H and O–H groups in total. The average molecular weight is 441 g/mol. The van der Waals surface area contributed by atoms with Gasteiger partial charge >= 0.3 is 6.03 Å². The molecule has 1 aliphatic carbocycles. The first kappa shape index (κ1) is 21.4. The maximum absolute atomic E-state index is 12.3. The molecule has 0 aromatic carbocycles. The number of fused-ring (bicyclic) bond motifs is 1. The predicted molar refractivity (Wildman–Crippen MR) is 120 cm³/mol. The molecule has 0 spiro atoms. The van der Waals surface area contributed by atoms with E-state index in [9.17, 15) is 14.7 Å². The fourth-order valence-electron chi connectivity index (χ4n) is 5.19. The van der Waals surface area contributed by atoms with E-state index in [0.29, 0.717) is 13.0 Å². The molecular formula is C23H32N6O3. The van der Waals surface area contributed by atoms with E-state index in [1.165, 1.54) is 5.56 Å². The Morgan fingerprint density at radius 2 is 1.78 bits per heavy atom. The number of hydrogen-bond donors (Lipinski definition) is 2. The second kappa shape index (κ2) is 9.17. The number of nitrogens with zero attached hydrogens (tertiary/aromatic N) is 5. The third-order valence-corrected chi connectivity index (χ3v) is 7.11. The molecule has 0 bridgehead atoms. The van der Waals surface area contributed by atoms with E-state index in [-0.39, 0.29) is 18.0 Å². The van der Waals surface area contributed by atoms with Gasteiger partial charge in [0.1, 0.15) is 0 Å². The number of aromatic nitrogens is 2. The van der Waals surface area contributed by atoms with Gasteiger partial charge in [-0.3, -0.25) is 19.9 Å². The van der Waals surface area contributed by atoms with E-state index in [0.717, 1.165) is 82.1 Å². The number of aliphatic hydroxyl groups is 1. The maximum Gasteiger partial charge on any atom is 0.328 e. The average Bonchev–Trinajstić information content (AvgIpc) is 3.20. The van der Waals surface area contributed by atoms with Crippen molar-refractivity contribution in [2.45, 2.75) is 44.8 Å². The summed E-state index contributed by atoms with van der Waals surface area (Å²) in [7, 11) is 0. The van der Waals surface area contributed by atoms with Crippen molar-refractivity contribution >= 4 is 23.1 Å². The van der Waals surface area contributed by atoms with Gasteiger partial charge in [-0.05, 0) is 49.3 Å². The van der Waals surface area contributed by atoms with Crippen LogP contribution in [0.1, 0.15) is 37.7 Å². The third-order valence-electron chi connectivity index (χ3n) is 7.11. The van der Waals surface area contributed by atoms with Crippen molar-refractivity contribution in [1.29, 1.82) is 0 Å². The summed E-state index contributed by atoms with van der Waals surface area (Å²) in [6.45, 7) is 6.66. The number of carbonyl (C=O) groups is 2. The number of pyridine rings is 1. The highest BCUT2D eigenvalue weighted by Crippen LogP contribution is 2.26. The van der Waals surface area contributed by atoms with Crippen LogP contribution in [-0.2, 0) is 11.3 Å². The molecule has 2 saturated heterocycles. The Hall–Kier alpha value is -2.49. The Kier molecular flexibility index (Phi) is 6.12. The lowest BCUT2D eigenvalue weighted by atomic mass is 9.87. The fraction of sp³-hybridized carbons (Fsp3) is 0.609. The van der Waals surface area contributed by atoms with Gasteiger partial charge in [-0.2, -0.15) is 5.10 Å². The summed E-state index contributed by atoms with van der Waals surface area (Å²) in [5.74, 6) is 0.499. The molecule has 0 radical (unpaired) electrons. The number of imide groups is 1. The van der Waals surface area contributed by atoms with Gasteiger partial charge in [0.25, 0.3) is 0 Å². The summed E-state index contributed by atoms with van der Waals surface area (Å²) in [5.41, 5.74) is 2.81. The summed E-state index contributed by atoms with van der Waals surface area (Å²) < 4.78 is 1.78. The van der Waals surface area contributed by atoms with Crippen molar-refractivity contribution in [2.75, 3.05) is 44.2 Å². The molecule has 2 aliphatic heterocycles. The van der Waals surface area contributed by atoms with Crippen LogP contribution in [0, 0.1) is 5.92 Å². The van der Waals surface area contributed by atoms with Gasteiger partial charge in [0.15, 0.2) is 0 Å². The van der Waals surface area contributed by atoms with E-state index in [1.807, 2.05) is 6.20 Å². The molecule has 0 atom stereocenters. The van der Waals surface area contributed by atoms with Crippen molar-refractivity contribution in [2.24, 2.45) is 5.92 Å². The number of anilines is 1. The molecule has 4 heterocycles. The van der Waals surface area contributed by atoms with Gasteiger partial charge in [0.05, 0.1) is 23.5 Å². The minimum atomic E-state index is -0.384. The minimum absolute atomic E-state index is 0.0801. The second-order valence-corrected chi connectivity index (χ2v) is 9.40. The second-order valence-electron chi connectivity index (χ2n) is 9.40. The first-order valence-corrected chi connectivity index (χ1v) is 11.8. The Morgan fingerprint density at radius 1 is 1.03 bits per heavy atom. The standard InChI is InChI=1S/C23H32N6O3/c30-19-3-1-17(2-4-19)15-26-9-11-27(12-10-26)16-18-5-8-29-20(13-18)21(14-24-29)28-7-6-22(31)25-23(28)32/h5,8,13-14,17,19,30H,1-4,6-7,9-12,15-16H2,(H,25,31,32)/t17-,19-. The van der Waals surface area contributed by atoms with Crippen LogP contribution >= 0.6 is 0 Å². The Labute approximate surface area is 188 Å². The topological polar surface area (TPSA) is 93.4 Å². The Bertz CT molecular complexity index is 975. The van der Waals surface area contributed by atoms with Gasteiger partial charge in [0.2, 0.25) is 5.91 Å². The SMILES string of the molecule is O=C1CCN(c2cnn3ccc(CN4CCN(C[C@H]5CC[C@H](O)CC5)CC4)cc23)C(=O)N1.